The number of fused-ring (bicyclic) bond motifs is 2. The molecule has 154 valence electrons. The van der Waals surface area contributed by atoms with Gasteiger partial charge in [-0.3, -0.25) is 4.79 Å². The van der Waals surface area contributed by atoms with Crippen LogP contribution in [0.3, 0.4) is 0 Å². The lowest BCUT2D eigenvalue weighted by atomic mass is 9.82. The van der Waals surface area contributed by atoms with E-state index in [4.69, 9.17) is 0 Å². The molecule has 5 nitrogen and oxygen atoms in total. The molecule has 0 bridgehead atoms. The predicted molar refractivity (Wildman–Crippen MR) is 111 cm³/mol. The Balaban J connectivity index is 1.19. The molecule has 0 aromatic heterocycles. The highest BCUT2D eigenvalue weighted by atomic mass is 16.2. The fraction of sp³-hybridized carbons (Fsp3) is 0.739. The van der Waals surface area contributed by atoms with Crippen molar-refractivity contribution >= 4 is 11.9 Å². The van der Waals surface area contributed by atoms with Crippen LogP contribution in [0.25, 0.3) is 0 Å². The van der Waals surface area contributed by atoms with E-state index in [0.29, 0.717) is 24.8 Å². The topological polar surface area (TPSA) is 52.7 Å². The smallest absolute Gasteiger partial charge is 0.317 e. The fourth-order valence-electron chi connectivity index (χ4n) is 5.44. The van der Waals surface area contributed by atoms with Gasteiger partial charge >= 0.3 is 6.03 Å². The molecule has 1 N–H and O–H groups in total. The average Bonchev–Trinajstić information content (AvgIpc) is 2.75. The number of amides is 3. The van der Waals surface area contributed by atoms with Crippen molar-refractivity contribution in [3.63, 3.8) is 0 Å². The third kappa shape index (κ3) is 4.44. The summed E-state index contributed by atoms with van der Waals surface area (Å²) in [5, 5.41) is 3.04. The van der Waals surface area contributed by atoms with E-state index in [2.05, 4.69) is 17.5 Å². The summed E-state index contributed by atoms with van der Waals surface area (Å²) < 4.78 is 0. The molecule has 5 heteroatoms. The zero-order chi connectivity index (χ0) is 19.3. The molecule has 2 unspecified atom stereocenters. The zero-order valence-corrected chi connectivity index (χ0v) is 17.1. The molecule has 0 aromatic rings. The predicted octanol–water partition coefficient (Wildman–Crippen LogP) is 4.21. The number of nitrogens with zero attached hydrogens (tertiary/aromatic N) is 2. The SMILES string of the molecule is O=C(NCCCC(=O)N1CCCC2CCCC=C21)N1CCC2CCCC=C2C1. The number of hydrogen-bond donors (Lipinski definition) is 1. The third-order valence-corrected chi connectivity index (χ3v) is 7.01. The van der Waals surface area contributed by atoms with Crippen molar-refractivity contribution in [2.45, 2.75) is 70.6 Å². The molecule has 2 fully saturated rings. The maximum Gasteiger partial charge on any atom is 0.317 e. The molecule has 0 radical (unpaired) electrons. The Morgan fingerprint density at radius 3 is 2.64 bits per heavy atom. The Morgan fingerprint density at radius 1 is 0.964 bits per heavy atom. The van der Waals surface area contributed by atoms with Gasteiger partial charge in [0, 0.05) is 38.3 Å². The summed E-state index contributed by atoms with van der Waals surface area (Å²) in [6, 6.07) is 0.0328. The normalized spacial score (nSPS) is 27.3. The quantitative estimate of drug-likeness (QED) is 0.582. The van der Waals surface area contributed by atoms with Gasteiger partial charge in [-0.25, -0.2) is 4.79 Å². The van der Waals surface area contributed by atoms with Gasteiger partial charge in [0.15, 0.2) is 0 Å². The standard InChI is InChI=1S/C23H35N3O2/c27-22(26-15-6-10-19-8-3-4-11-21(19)26)12-5-14-24-23(28)25-16-13-18-7-1-2-9-20(18)17-25/h9,11,18-19H,1-8,10,12-17H2,(H,24,28). The number of carbonyl (C=O) groups is 2. The minimum absolute atomic E-state index is 0.0328. The molecular weight excluding hydrogens is 350 g/mol. The summed E-state index contributed by atoms with van der Waals surface area (Å²) in [4.78, 5) is 29.2. The molecule has 0 saturated carbocycles. The van der Waals surface area contributed by atoms with Gasteiger partial charge in [0.2, 0.25) is 5.91 Å². The second-order valence-corrected chi connectivity index (χ2v) is 8.90. The van der Waals surface area contributed by atoms with Crippen molar-refractivity contribution in [2.24, 2.45) is 11.8 Å². The lowest BCUT2D eigenvalue weighted by molar-refractivity contribution is -0.130. The van der Waals surface area contributed by atoms with E-state index in [-0.39, 0.29) is 11.9 Å². The molecule has 2 aliphatic heterocycles. The summed E-state index contributed by atoms with van der Waals surface area (Å²) in [7, 11) is 0. The highest BCUT2D eigenvalue weighted by Crippen LogP contribution is 2.35. The van der Waals surface area contributed by atoms with E-state index < -0.39 is 0 Å². The Labute approximate surface area is 169 Å². The molecule has 2 heterocycles. The van der Waals surface area contributed by atoms with Crippen LogP contribution in [0.4, 0.5) is 4.79 Å². The van der Waals surface area contributed by atoms with Crippen LogP contribution in [0, 0.1) is 11.8 Å². The molecule has 2 atom stereocenters. The second-order valence-electron chi connectivity index (χ2n) is 8.90. The Hall–Kier alpha value is -1.78. The Kier molecular flexibility index (Phi) is 6.38. The van der Waals surface area contributed by atoms with Crippen LogP contribution < -0.4 is 5.32 Å². The van der Waals surface area contributed by atoms with Gasteiger partial charge in [0.1, 0.15) is 0 Å². The molecule has 2 saturated heterocycles. The van der Waals surface area contributed by atoms with Gasteiger partial charge in [-0.1, -0.05) is 17.7 Å². The van der Waals surface area contributed by atoms with Crippen molar-refractivity contribution < 1.29 is 9.59 Å². The first kappa shape index (κ1) is 19.5. The highest BCUT2D eigenvalue weighted by Gasteiger charge is 2.30. The minimum Gasteiger partial charge on any atom is -0.338 e. The monoisotopic (exact) mass is 385 g/mol. The summed E-state index contributed by atoms with van der Waals surface area (Å²) in [6.45, 7) is 3.10. The van der Waals surface area contributed by atoms with Gasteiger partial charge < -0.3 is 15.1 Å². The number of allylic oxidation sites excluding steroid dienone is 3. The van der Waals surface area contributed by atoms with E-state index in [0.717, 1.165) is 51.7 Å². The van der Waals surface area contributed by atoms with Crippen LogP contribution in [0.15, 0.2) is 23.4 Å². The number of urea groups is 1. The lowest BCUT2D eigenvalue weighted by Crippen LogP contribution is -2.46. The Bertz CT molecular complexity index is 654. The molecule has 0 spiro atoms. The molecule has 28 heavy (non-hydrogen) atoms. The number of rotatable bonds is 4. The number of carbonyl (C=O) groups excluding carboxylic acids is 2. The number of nitrogens with one attached hydrogen (secondary N) is 1. The molecule has 2 aliphatic carbocycles. The van der Waals surface area contributed by atoms with E-state index >= 15 is 0 Å². The van der Waals surface area contributed by atoms with Gasteiger partial charge in [-0.2, -0.15) is 0 Å². The fourth-order valence-corrected chi connectivity index (χ4v) is 5.44. The molecule has 4 aliphatic rings. The van der Waals surface area contributed by atoms with Crippen molar-refractivity contribution in [1.82, 2.24) is 15.1 Å². The van der Waals surface area contributed by atoms with Gasteiger partial charge in [0.05, 0.1) is 0 Å². The van der Waals surface area contributed by atoms with Gasteiger partial charge in [0.25, 0.3) is 0 Å². The second kappa shape index (κ2) is 9.15. The maximum absolute atomic E-state index is 12.7. The maximum atomic E-state index is 12.7. The number of hydrogen-bond acceptors (Lipinski definition) is 2. The van der Waals surface area contributed by atoms with Crippen LogP contribution in [0.1, 0.15) is 70.6 Å². The summed E-state index contributed by atoms with van der Waals surface area (Å²) in [6.07, 6.45) is 16.7. The zero-order valence-electron chi connectivity index (χ0n) is 17.1. The number of likely N-dealkylation sites (tertiary alicyclic amines) is 2. The summed E-state index contributed by atoms with van der Waals surface area (Å²) >= 11 is 0. The Morgan fingerprint density at radius 2 is 1.75 bits per heavy atom. The molecular formula is C23H35N3O2. The average molecular weight is 386 g/mol. The first-order valence-electron chi connectivity index (χ1n) is 11.4. The lowest BCUT2D eigenvalue weighted by Gasteiger charge is -2.38. The van der Waals surface area contributed by atoms with Gasteiger partial charge in [-0.05, 0) is 76.0 Å². The van der Waals surface area contributed by atoms with Crippen LogP contribution in [-0.4, -0.2) is 47.9 Å². The van der Waals surface area contributed by atoms with Crippen LogP contribution in [-0.2, 0) is 4.79 Å². The van der Waals surface area contributed by atoms with Crippen LogP contribution in [0.5, 0.6) is 0 Å². The summed E-state index contributed by atoms with van der Waals surface area (Å²) in [5.41, 5.74) is 2.75. The highest BCUT2D eigenvalue weighted by molar-refractivity contribution is 5.78. The van der Waals surface area contributed by atoms with E-state index in [1.165, 1.54) is 43.4 Å². The van der Waals surface area contributed by atoms with Crippen LogP contribution in [0.2, 0.25) is 0 Å². The number of piperidine rings is 2. The molecule has 4 rings (SSSR count). The molecule has 0 aromatic carbocycles. The van der Waals surface area contributed by atoms with Crippen molar-refractivity contribution in [2.75, 3.05) is 26.2 Å². The van der Waals surface area contributed by atoms with Crippen molar-refractivity contribution in [3.8, 4) is 0 Å². The largest absolute Gasteiger partial charge is 0.338 e. The minimum atomic E-state index is 0.0328. The third-order valence-electron chi connectivity index (χ3n) is 7.01. The van der Waals surface area contributed by atoms with E-state index in [1.54, 1.807) is 0 Å². The first-order chi connectivity index (χ1) is 13.7. The first-order valence-corrected chi connectivity index (χ1v) is 11.4. The van der Waals surface area contributed by atoms with Crippen LogP contribution >= 0.6 is 0 Å². The van der Waals surface area contributed by atoms with Gasteiger partial charge in [-0.15, -0.1) is 0 Å². The molecule has 3 amide bonds. The van der Waals surface area contributed by atoms with Crippen molar-refractivity contribution in [3.05, 3.63) is 23.4 Å². The summed E-state index contributed by atoms with van der Waals surface area (Å²) in [5.74, 6) is 1.54. The van der Waals surface area contributed by atoms with Crippen molar-refractivity contribution in [1.29, 1.82) is 0 Å². The van der Waals surface area contributed by atoms with E-state index in [1.807, 2.05) is 9.80 Å². The van der Waals surface area contributed by atoms with E-state index in [9.17, 15) is 9.59 Å².